The van der Waals surface area contributed by atoms with Crippen LogP contribution in [0.5, 0.6) is 0 Å². The highest BCUT2D eigenvalue weighted by Crippen LogP contribution is 2.25. The molecule has 1 aromatic rings. The van der Waals surface area contributed by atoms with Crippen LogP contribution in [0.3, 0.4) is 0 Å². The molecule has 1 N–H and O–H groups in total. The van der Waals surface area contributed by atoms with Gasteiger partial charge in [-0.2, -0.15) is 0 Å². The zero-order valence-corrected chi connectivity index (χ0v) is 13.9. The highest BCUT2D eigenvalue weighted by Gasteiger charge is 2.13. The highest BCUT2D eigenvalue weighted by atomic mass is 35.5. The summed E-state index contributed by atoms with van der Waals surface area (Å²) < 4.78 is 4.55. The molecule has 0 radical (unpaired) electrons. The van der Waals surface area contributed by atoms with Gasteiger partial charge in [0.05, 0.1) is 0 Å². The predicted molar refractivity (Wildman–Crippen MR) is 87.6 cm³/mol. The molecule has 21 heavy (non-hydrogen) atoms. The fourth-order valence-electron chi connectivity index (χ4n) is 1.98. The van der Waals surface area contributed by atoms with E-state index in [9.17, 15) is 4.79 Å². The largest absolute Gasteiger partial charge is 0.462 e. The van der Waals surface area contributed by atoms with E-state index in [1.165, 1.54) is 11.1 Å². The van der Waals surface area contributed by atoms with Crippen molar-refractivity contribution in [2.45, 2.75) is 45.8 Å². The summed E-state index contributed by atoms with van der Waals surface area (Å²) in [6, 6.07) is 6.52. The summed E-state index contributed by atoms with van der Waals surface area (Å²) in [7, 11) is 0. The number of nitrogens with one attached hydrogen (secondary N) is 1. The van der Waals surface area contributed by atoms with Gasteiger partial charge in [-0.25, -0.2) is 0 Å². The summed E-state index contributed by atoms with van der Waals surface area (Å²) in [5, 5.41) is 4.28. The average Bonchev–Trinajstić information content (AvgIpc) is 2.42. The number of carbonyl (C=O) groups excluding carboxylic acids is 1. The van der Waals surface area contributed by atoms with Crippen LogP contribution in [-0.4, -0.2) is 18.6 Å². The van der Waals surface area contributed by atoms with E-state index in [1.54, 1.807) is 0 Å². The molecule has 1 aliphatic heterocycles. The number of aryl methyl sites for hydroxylation is 1. The van der Waals surface area contributed by atoms with Gasteiger partial charge < -0.3 is 10.1 Å². The average molecular weight is 310 g/mol. The minimum Gasteiger partial charge on any atom is -0.462 e. The molecule has 0 aliphatic carbocycles. The smallest absolute Gasteiger partial charge is 0.293 e. The van der Waals surface area contributed by atoms with Crippen molar-refractivity contribution in [3.05, 3.63) is 46.5 Å². The molecule has 4 heteroatoms. The zero-order valence-electron chi connectivity index (χ0n) is 13.2. The first-order valence-corrected chi connectivity index (χ1v) is 7.47. The Morgan fingerprint density at radius 3 is 2.52 bits per heavy atom. The minimum absolute atomic E-state index is 0.318. The first-order chi connectivity index (χ1) is 9.83. The van der Waals surface area contributed by atoms with Crippen molar-refractivity contribution >= 4 is 18.1 Å². The monoisotopic (exact) mass is 309 g/mol. The van der Waals surface area contributed by atoms with Gasteiger partial charge in [-0.1, -0.05) is 29.8 Å². The molecule has 3 nitrogen and oxygen atoms in total. The quantitative estimate of drug-likeness (QED) is 0.657. The molecule has 116 valence electrons. The van der Waals surface area contributed by atoms with Crippen molar-refractivity contribution < 1.29 is 9.53 Å². The van der Waals surface area contributed by atoms with Crippen LogP contribution in [0.15, 0.2) is 30.4 Å². The van der Waals surface area contributed by atoms with E-state index in [-0.39, 0.29) is 5.60 Å². The maximum atomic E-state index is 9.60. The molecule has 0 saturated carbocycles. The fourth-order valence-corrected chi connectivity index (χ4v) is 2.16. The second-order valence-corrected chi connectivity index (χ2v) is 6.43. The van der Waals surface area contributed by atoms with Crippen LogP contribution in [0.1, 0.15) is 44.4 Å². The van der Waals surface area contributed by atoms with Crippen LogP contribution < -0.4 is 5.32 Å². The lowest BCUT2D eigenvalue weighted by Crippen LogP contribution is -2.24. The van der Waals surface area contributed by atoms with E-state index in [4.69, 9.17) is 11.6 Å². The molecule has 0 aromatic heterocycles. The van der Waals surface area contributed by atoms with Crippen LogP contribution in [-0.2, 0) is 9.53 Å². The number of carbonyl (C=O) groups is 1. The summed E-state index contributed by atoms with van der Waals surface area (Å²) in [6.45, 7) is 9.01. The summed E-state index contributed by atoms with van der Waals surface area (Å²) in [5.74, 6) is 0. The van der Waals surface area contributed by atoms with Crippen LogP contribution in [0, 0.1) is 6.92 Å². The third-order valence-electron chi connectivity index (χ3n) is 3.04. The van der Waals surface area contributed by atoms with Crippen LogP contribution in [0.25, 0.3) is 0 Å². The van der Waals surface area contributed by atoms with Gasteiger partial charge in [-0.15, -0.1) is 0 Å². The molecule has 2 rings (SSSR count). The molecule has 1 aliphatic rings. The third kappa shape index (κ3) is 6.78. The second kappa shape index (κ2) is 8.20. The number of halogens is 1. The summed E-state index contributed by atoms with van der Waals surface area (Å²) >= 11 is 5.99. The molecule has 0 saturated heterocycles. The van der Waals surface area contributed by atoms with E-state index in [0.717, 1.165) is 18.0 Å². The van der Waals surface area contributed by atoms with Gasteiger partial charge in [-0.3, -0.25) is 4.79 Å². The summed E-state index contributed by atoms with van der Waals surface area (Å²) in [5.41, 5.74) is 2.31. The van der Waals surface area contributed by atoms with Crippen molar-refractivity contribution in [1.29, 1.82) is 0 Å². The maximum Gasteiger partial charge on any atom is 0.293 e. The fraction of sp³-hybridized carbons (Fsp3) is 0.471. The summed E-state index contributed by atoms with van der Waals surface area (Å²) in [4.78, 5) is 9.60. The normalized spacial score (nSPS) is 17.7. The Balaban J connectivity index is 0.000000270. The number of benzene rings is 1. The second-order valence-electron chi connectivity index (χ2n) is 6.00. The van der Waals surface area contributed by atoms with E-state index in [0.29, 0.717) is 12.5 Å². The Morgan fingerprint density at radius 2 is 2.05 bits per heavy atom. The molecule has 0 fully saturated rings. The molecule has 1 atom stereocenters. The number of ether oxygens (including phenoxy) is 1. The first-order valence-electron chi connectivity index (χ1n) is 7.09. The zero-order chi connectivity index (χ0) is 15.9. The van der Waals surface area contributed by atoms with Crippen molar-refractivity contribution in [1.82, 2.24) is 5.32 Å². The maximum absolute atomic E-state index is 9.60. The van der Waals surface area contributed by atoms with Gasteiger partial charge in [0.1, 0.15) is 5.60 Å². The van der Waals surface area contributed by atoms with E-state index < -0.39 is 0 Å². The Bertz CT molecular complexity index is 492. The third-order valence-corrected chi connectivity index (χ3v) is 3.27. The van der Waals surface area contributed by atoms with Gasteiger partial charge >= 0.3 is 0 Å². The van der Waals surface area contributed by atoms with Crippen molar-refractivity contribution in [3.8, 4) is 0 Å². The van der Waals surface area contributed by atoms with E-state index in [2.05, 4.69) is 41.3 Å². The van der Waals surface area contributed by atoms with E-state index >= 15 is 0 Å². The SMILES string of the molecule is CC(C)(C)OC=O.Cc1ccc(Cl)cc1C1CC=CCN1. The molecule has 0 spiro atoms. The van der Waals surface area contributed by atoms with Crippen molar-refractivity contribution in [2.75, 3.05) is 6.54 Å². The van der Waals surface area contributed by atoms with Crippen LogP contribution in [0.2, 0.25) is 5.02 Å². The summed E-state index contributed by atoms with van der Waals surface area (Å²) in [6.07, 6.45) is 5.44. The number of hydrogen-bond acceptors (Lipinski definition) is 3. The minimum atomic E-state index is -0.318. The van der Waals surface area contributed by atoms with Gasteiger partial charge in [0.25, 0.3) is 6.47 Å². The molecule has 1 heterocycles. The van der Waals surface area contributed by atoms with Gasteiger partial charge in [0.15, 0.2) is 0 Å². The van der Waals surface area contributed by atoms with Gasteiger partial charge in [0.2, 0.25) is 0 Å². The molecular weight excluding hydrogens is 286 g/mol. The topological polar surface area (TPSA) is 38.3 Å². The first kappa shape index (κ1) is 17.7. The van der Waals surface area contributed by atoms with Crippen LogP contribution >= 0.6 is 11.6 Å². The predicted octanol–water partition coefficient (Wildman–Crippen LogP) is 4.20. The Kier molecular flexibility index (Phi) is 6.93. The lowest BCUT2D eigenvalue weighted by Gasteiger charge is -2.22. The Morgan fingerprint density at radius 1 is 1.33 bits per heavy atom. The lowest BCUT2D eigenvalue weighted by molar-refractivity contribution is -0.138. The van der Waals surface area contributed by atoms with Crippen LogP contribution in [0.4, 0.5) is 0 Å². The van der Waals surface area contributed by atoms with Gasteiger partial charge in [-0.05, 0) is 57.4 Å². The van der Waals surface area contributed by atoms with Gasteiger partial charge in [0, 0.05) is 17.6 Å². The highest BCUT2D eigenvalue weighted by molar-refractivity contribution is 6.30. The molecule has 0 bridgehead atoms. The molecule has 1 unspecified atom stereocenters. The molecule has 1 aromatic carbocycles. The number of rotatable bonds is 2. The van der Waals surface area contributed by atoms with E-state index in [1.807, 2.05) is 26.8 Å². The van der Waals surface area contributed by atoms with Crippen molar-refractivity contribution in [2.24, 2.45) is 0 Å². The Hall–Kier alpha value is -1.32. The molecule has 0 amide bonds. The van der Waals surface area contributed by atoms with Crippen molar-refractivity contribution in [3.63, 3.8) is 0 Å². The Labute approximate surface area is 132 Å². The number of hydrogen-bond donors (Lipinski definition) is 1. The lowest BCUT2D eigenvalue weighted by atomic mass is 9.97. The molecular formula is C17H24ClNO2. The standard InChI is InChI=1S/C12H14ClN.C5H10O2/c1-9-5-6-10(13)8-11(9)12-4-2-3-7-14-12;1-5(2,3)7-4-6/h2-3,5-6,8,12,14H,4,7H2,1H3;4H,1-3H3.